The number of carbonyl (C=O) groups excluding carboxylic acids is 2. The molecule has 1 aromatic heterocycles. The van der Waals surface area contributed by atoms with E-state index in [0.717, 1.165) is 16.5 Å². The predicted molar refractivity (Wildman–Crippen MR) is 95.9 cm³/mol. The van der Waals surface area contributed by atoms with Gasteiger partial charge < -0.3 is 11.1 Å². The third-order valence-corrected chi connectivity index (χ3v) is 4.43. The van der Waals surface area contributed by atoms with Crippen LogP contribution in [0.1, 0.15) is 28.9 Å². The second-order valence-corrected chi connectivity index (χ2v) is 6.29. The van der Waals surface area contributed by atoms with Crippen molar-refractivity contribution < 1.29 is 9.59 Å². The van der Waals surface area contributed by atoms with Gasteiger partial charge in [0.1, 0.15) is 0 Å². The van der Waals surface area contributed by atoms with E-state index >= 15 is 0 Å². The quantitative estimate of drug-likeness (QED) is 0.676. The van der Waals surface area contributed by atoms with Crippen LogP contribution in [0.4, 0.5) is 5.13 Å². The lowest BCUT2D eigenvalue weighted by Crippen LogP contribution is -2.23. The van der Waals surface area contributed by atoms with Crippen molar-refractivity contribution in [3.05, 3.63) is 59.1 Å². The molecule has 0 bridgehead atoms. The number of hydrogen-bond donors (Lipinski definition) is 2. The van der Waals surface area contributed by atoms with Gasteiger partial charge in [0.15, 0.2) is 10.9 Å². The SMILES string of the molecule is Nc1nc(CNC(=O)CCC(=O)c2cccc3ccccc23)cs1. The van der Waals surface area contributed by atoms with Crippen molar-refractivity contribution >= 4 is 38.9 Å². The van der Waals surface area contributed by atoms with Crippen LogP contribution >= 0.6 is 11.3 Å². The first kappa shape index (κ1) is 16.1. The van der Waals surface area contributed by atoms with E-state index in [4.69, 9.17) is 5.73 Å². The van der Waals surface area contributed by atoms with Gasteiger partial charge in [-0.25, -0.2) is 4.98 Å². The Balaban J connectivity index is 1.57. The summed E-state index contributed by atoms with van der Waals surface area (Å²) in [7, 11) is 0. The first-order valence-corrected chi connectivity index (χ1v) is 8.49. The van der Waals surface area contributed by atoms with Crippen molar-refractivity contribution in [2.24, 2.45) is 0 Å². The molecule has 5 nitrogen and oxygen atoms in total. The van der Waals surface area contributed by atoms with Gasteiger partial charge in [-0.1, -0.05) is 42.5 Å². The van der Waals surface area contributed by atoms with Crippen LogP contribution in [0.2, 0.25) is 0 Å². The minimum Gasteiger partial charge on any atom is -0.375 e. The standard InChI is InChI=1S/C18H17N3O2S/c19-18-21-13(11-24-18)10-20-17(23)9-8-16(22)15-7-3-5-12-4-1-2-6-14(12)15/h1-7,11H,8-10H2,(H2,19,21)(H,20,23). The van der Waals surface area contributed by atoms with Crippen LogP contribution in [0.25, 0.3) is 10.8 Å². The van der Waals surface area contributed by atoms with E-state index in [1.54, 1.807) is 11.4 Å². The Bertz CT molecular complexity index is 883. The number of amides is 1. The average molecular weight is 339 g/mol. The van der Waals surface area contributed by atoms with Crippen molar-refractivity contribution in [3.63, 3.8) is 0 Å². The third-order valence-electron chi connectivity index (χ3n) is 3.71. The topological polar surface area (TPSA) is 85.1 Å². The van der Waals surface area contributed by atoms with Crippen LogP contribution in [0.5, 0.6) is 0 Å². The number of nitrogens with one attached hydrogen (secondary N) is 1. The number of carbonyl (C=O) groups is 2. The van der Waals surface area contributed by atoms with E-state index in [1.807, 2.05) is 36.4 Å². The maximum Gasteiger partial charge on any atom is 0.220 e. The number of aromatic nitrogens is 1. The van der Waals surface area contributed by atoms with Crippen molar-refractivity contribution in [2.45, 2.75) is 19.4 Å². The van der Waals surface area contributed by atoms with Gasteiger partial charge in [-0.3, -0.25) is 9.59 Å². The summed E-state index contributed by atoms with van der Waals surface area (Å²) in [6, 6.07) is 13.4. The van der Waals surface area contributed by atoms with Crippen molar-refractivity contribution in [3.8, 4) is 0 Å². The van der Waals surface area contributed by atoms with E-state index in [-0.39, 0.29) is 24.5 Å². The zero-order valence-corrected chi connectivity index (χ0v) is 13.8. The molecule has 0 radical (unpaired) electrons. The molecule has 0 fully saturated rings. The molecule has 0 saturated carbocycles. The number of nitrogens with two attached hydrogens (primary N) is 1. The summed E-state index contributed by atoms with van der Waals surface area (Å²) in [5.41, 5.74) is 6.93. The van der Waals surface area contributed by atoms with E-state index in [0.29, 0.717) is 17.2 Å². The maximum atomic E-state index is 12.4. The van der Waals surface area contributed by atoms with Gasteiger partial charge in [-0.2, -0.15) is 0 Å². The first-order valence-electron chi connectivity index (χ1n) is 7.61. The average Bonchev–Trinajstić information content (AvgIpc) is 3.02. The number of nitrogen functional groups attached to an aromatic ring is 1. The third kappa shape index (κ3) is 3.78. The fraction of sp³-hybridized carbons (Fsp3) is 0.167. The molecule has 0 atom stereocenters. The highest BCUT2D eigenvalue weighted by molar-refractivity contribution is 7.13. The summed E-state index contributed by atoms with van der Waals surface area (Å²) in [5, 5.41) is 6.98. The van der Waals surface area contributed by atoms with Crippen LogP contribution in [-0.2, 0) is 11.3 Å². The lowest BCUT2D eigenvalue weighted by molar-refractivity contribution is -0.121. The normalized spacial score (nSPS) is 10.7. The molecular formula is C18H17N3O2S. The molecule has 6 heteroatoms. The number of ketones is 1. The number of Topliss-reactive ketones (excluding diaryl/α,β-unsaturated/α-hetero) is 1. The number of rotatable bonds is 6. The molecule has 1 heterocycles. The second-order valence-electron chi connectivity index (χ2n) is 5.40. The number of benzene rings is 2. The van der Waals surface area contributed by atoms with Gasteiger partial charge in [0.05, 0.1) is 12.2 Å². The highest BCUT2D eigenvalue weighted by Gasteiger charge is 2.12. The minimum atomic E-state index is -0.171. The molecule has 1 amide bonds. The molecule has 3 N–H and O–H groups in total. The number of anilines is 1. The summed E-state index contributed by atoms with van der Waals surface area (Å²) in [5.74, 6) is -0.199. The fourth-order valence-corrected chi connectivity index (χ4v) is 3.07. The molecule has 0 unspecified atom stereocenters. The Hall–Kier alpha value is -2.73. The summed E-state index contributed by atoms with van der Waals surface area (Å²) >= 11 is 1.33. The zero-order valence-electron chi connectivity index (χ0n) is 13.0. The lowest BCUT2D eigenvalue weighted by Gasteiger charge is -2.06. The fourth-order valence-electron chi connectivity index (χ4n) is 2.51. The highest BCUT2D eigenvalue weighted by atomic mass is 32.1. The van der Waals surface area contributed by atoms with Crippen molar-refractivity contribution in [1.29, 1.82) is 0 Å². The second kappa shape index (κ2) is 7.23. The van der Waals surface area contributed by atoms with E-state index in [1.165, 1.54) is 11.3 Å². The highest BCUT2D eigenvalue weighted by Crippen LogP contribution is 2.20. The monoisotopic (exact) mass is 339 g/mol. The Kier molecular flexibility index (Phi) is 4.86. The number of hydrogen-bond acceptors (Lipinski definition) is 5. The maximum absolute atomic E-state index is 12.4. The van der Waals surface area contributed by atoms with Crippen molar-refractivity contribution in [2.75, 3.05) is 5.73 Å². The Morgan fingerprint density at radius 1 is 1.08 bits per heavy atom. The van der Waals surface area contributed by atoms with Crippen LogP contribution in [0, 0.1) is 0 Å². The lowest BCUT2D eigenvalue weighted by atomic mass is 9.99. The summed E-state index contributed by atoms with van der Waals surface area (Å²) in [4.78, 5) is 28.4. The molecule has 0 aliphatic heterocycles. The van der Waals surface area contributed by atoms with Gasteiger partial charge in [0.25, 0.3) is 0 Å². The van der Waals surface area contributed by atoms with E-state index in [9.17, 15) is 9.59 Å². The first-order chi connectivity index (χ1) is 11.6. The number of fused-ring (bicyclic) bond motifs is 1. The summed E-state index contributed by atoms with van der Waals surface area (Å²) < 4.78 is 0. The predicted octanol–water partition coefficient (Wildman–Crippen LogP) is 3.16. The smallest absolute Gasteiger partial charge is 0.220 e. The Morgan fingerprint density at radius 2 is 1.88 bits per heavy atom. The molecular weight excluding hydrogens is 322 g/mol. The van der Waals surface area contributed by atoms with E-state index < -0.39 is 0 Å². The van der Waals surface area contributed by atoms with Gasteiger partial charge >= 0.3 is 0 Å². The molecule has 0 aliphatic rings. The minimum absolute atomic E-state index is 0.0279. The molecule has 0 saturated heterocycles. The van der Waals surface area contributed by atoms with Gasteiger partial charge in [-0.15, -0.1) is 11.3 Å². The molecule has 2 aromatic carbocycles. The molecule has 0 aliphatic carbocycles. The number of nitrogens with zero attached hydrogens (tertiary/aromatic N) is 1. The van der Waals surface area contributed by atoms with Gasteiger partial charge in [-0.05, 0) is 10.8 Å². The van der Waals surface area contributed by atoms with Gasteiger partial charge in [0.2, 0.25) is 5.91 Å². The largest absolute Gasteiger partial charge is 0.375 e. The molecule has 24 heavy (non-hydrogen) atoms. The van der Waals surface area contributed by atoms with Crippen molar-refractivity contribution in [1.82, 2.24) is 10.3 Å². The van der Waals surface area contributed by atoms with Gasteiger partial charge in [0, 0.05) is 23.8 Å². The molecule has 0 spiro atoms. The van der Waals surface area contributed by atoms with Crippen LogP contribution in [0.3, 0.4) is 0 Å². The molecule has 3 rings (SSSR count). The Labute approximate surface area is 143 Å². The zero-order chi connectivity index (χ0) is 16.9. The van der Waals surface area contributed by atoms with Crippen LogP contribution in [-0.4, -0.2) is 16.7 Å². The number of thiazole rings is 1. The van der Waals surface area contributed by atoms with E-state index in [2.05, 4.69) is 10.3 Å². The van der Waals surface area contributed by atoms with Crippen LogP contribution < -0.4 is 11.1 Å². The summed E-state index contributed by atoms with van der Waals surface area (Å²) in [6.45, 7) is 0.328. The van der Waals surface area contributed by atoms with Crippen LogP contribution in [0.15, 0.2) is 47.8 Å². The molecule has 3 aromatic rings. The molecule has 122 valence electrons. The Morgan fingerprint density at radius 3 is 2.67 bits per heavy atom. The summed E-state index contributed by atoms with van der Waals surface area (Å²) in [6.07, 6.45) is 0.334.